The van der Waals surface area contributed by atoms with Crippen LogP contribution in [-0.2, 0) is 0 Å². The summed E-state index contributed by atoms with van der Waals surface area (Å²) in [5.41, 5.74) is 4.19. The van der Waals surface area contributed by atoms with E-state index >= 15 is 0 Å². The minimum atomic E-state index is -1.93. The Morgan fingerprint density at radius 3 is 1.47 bits per heavy atom. The van der Waals surface area contributed by atoms with E-state index in [1.165, 1.54) is 19.3 Å². The van der Waals surface area contributed by atoms with Gasteiger partial charge < -0.3 is 0 Å². The van der Waals surface area contributed by atoms with Crippen LogP contribution in [0.3, 0.4) is 0 Å². The molecule has 5 fully saturated rings. The van der Waals surface area contributed by atoms with Crippen LogP contribution in [0.1, 0.15) is 142 Å². The van der Waals surface area contributed by atoms with E-state index in [0.717, 1.165) is 123 Å². The number of rotatable bonds is 4. The summed E-state index contributed by atoms with van der Waals surface area (Å²) in [7, 11) is -1.93. The molecule has 5 rings (SSSR count). The second-order valence-electron chi connectivity index (χ2n) is 19.3. The Bertz CT molecular complexity index is 939. The zero-order valence-corrected chi connectivity index (χ0v) is 32.9. The fraction of sp³-hybridized carbons (Fsp3) is 1.00. The van der Waals surface area contributed by atoms with Crippen molar-refractivity contribution in [3.63, 3.8) is 0 Å². The quantitative estimate of drug-likeness (QED) is 0.276. The topological polar surface area (TPSA) is 0 Å². The average molecular weight is 615 g/mol. The molecule has 2 aliphatic heterocycles. The molecule has 0 aromatic heterocycles. The molecule has 0 aromatic carbocycles. The second kappa shape index (κ2) is 12.8. The Hall–Kier alpha value is 0.430. The molecule has 0 radical (unpaired) electrons. The van der Waals surface area contributed by atoms with E-state index in [9.17, 15) is 0 Å². The van der Waals surface area contributed by atoms with Gasteiger partial charge >= 0.3 is 273 Å². The van der Waals surface area contributed by atoms with Gasteiger partial charge in [-0.05, 0) is 0 Å². The van der Waals surface area contributed by atoms with Crippen molar-refractivity contribution in [2.24, 2.45) is 101 Å². The first-order valence-electron chi connectivity index (χ1n) is 20.2. The van der Waals surface area contributed by atoms with E-state index in [0.29, 0.717) is 0 Å². The summed E-state index contributed by atoms with van der Waals surface area (Å²) in [5, 5.41) is 0. The van der Waals surface area contributed by atoms with Crippen molar-refractivity contribution < 1.29 is 0 Å². The van der Waals surface area contributed by atoms with Crippen molar-refractivity contribution in [2.45, 2.75) is 165 Å². The van der Waals surface area contributed by atoms with Crippen LogP contribution in [0, 0.1) is 101 Å². The van der Waals surface area contributed by atoms with Gasteiger partial charge in [-0.25, -0.2) is 0 Å². The number of hydrogen-bond acceptors (Lipinski definition) is 0. The van der Waals surface area contributed by atoms with E-state index in [1.807, 2.05) is 0 Å². The number of hydrogen-bond donors (Lipinski definition) is 0. The number of fused-ring (bicyclic) bond motifs is 6. The summed E-state index contributed by atoms with van der Waals surface area (Å²) < 4.78 is 0. The molecule has 20 atom stereocenters. The maximum atomic E-state index is 2.86. The van der Waals surface area contributed by atoms with Crippen LogP contribution in [-0.4, -0.2) is 22.6 Å². The van der Waals surface area contributed by atoms with Gasteiger partial charge in [-0.2, -0.15) is 0 Å². The summed E-state index contributed by atoms with van der Waals surface area (Å²) in [6, 6.07) is 0. The molecule has 2 saturated heterocycles. The normalized spacial score (nSPS) is 57.4. The van der Waals surface area contributed by atoms with Crippen LogP contribution in [0.15, 0.2) is 0 Å². The van der Waals surface area contributed by atoms with Crippen LogP contribution < -0.4 is 0 Å². The molecule has 1 spiro atoms. The fourth-order valence-electron chi connectivity index (χ4n) is 15.6. The molecule has 20 unspecified atom stereocenters. The van der Waals surface area contributed by atoms with Gasteiger partial charge in [0.2, 0.25) is 0 Å². The molecule has 2 heterocycles. The van der Waals surface area contributed by atoms with Crippen molar-refractivity contribution in [3.8, 4) is 0 Å². The summed E-state index contributed by atoms with van der Waals surface area (Å²) in [5.74, 6) is 15.5. The third-order valence-electron chi connectivity index (χ3n) is 18.2. The Morgan fingerprint density at radius 2 is 1.00 bits per heavy atom. The predicted molar refractivity (Wildman–Crippen MR) is 196 cm³/mol. The van der Waals surface area contributed by atoms with Gasteiger partial charge in [-0.1, -0.05) is 0 Å². The Balaban J connectivity index is 1.91. The summed E-state index contributed by atoms with van der Waals surface area (Å²) >= 11 is 0. The molecule has 3 saturated carbocycles. The molecule has 252 valence electrons. The molecule has 1 heteroatoms. The molecule has 43 heavy (non-hydrogen) atoms. The third-order valence-corrected chi connectivity index (χ3v) is 26.5. The van der Waals surface area contributed by atoms with Crippen LogP contribution in [0.5, 0.6) is 0 Å². The van der Waals surface area contributed by atoms with Gasteiger partial charge in [-0.15, -0.1) is 0 Å². The van der Waals surface area contributed by atoms with Crippen LogP contribution in [0.4, 0.5) is 0 Å². The van der Waals surface area contributed by atoms with E-state index in [1.54, 1.807) is 19.3 Å². The van der Waals surface area contributed by atoms with Crippen molar-refractivity contribution in [3.05, 3.63) is 0 Å². The van der Waals surface area contributed by atoms with E-state index in [2.05, 4.69) is 104 Å². The predicted octanol–water partition coefficient (Wildman–Crippen LogP) is 12.4. The SMILES string of the molecule is CCCC1C(C)C(C(C)C)CC2C(C)C(C)C(C)C(C)C2[PH]12C1C(C)C(C)C(C)C(C)C1CC1C(C)CC(C)C(CC)C12. The van der Waals surface area contributed by atoms with Crippen molar-refractivity contribution in [1.29, 1.82) is 0 Å². The van der Waals surface area contributed by atoms with Crippen molar-refractivity contribution in [1.82, 2.24) is 0 Å². The first-order valence-corrected chi connectivity index (χ1v) is 22.5. The molecule has 0 aromatic rings. The van der Waals surface area contributed by atoms with Crippen LogP contribution in [0.25, 0.3) is 0 Å². The molecule has 0 bridgehead atoms. The van der Waals surface area contributed by atoms with Crippen molar-refractivity contribution in [2.75, 3.05) is 0 Å². The Morgan fingerprint density at radius 1 is 0.512 bits per heavy atom. The molecular weight excluding hydrogens is 535 g/mol. The zero-order valence-electron chi connectivity index (χ0n) is 31.9. The minimum absolute atomic E-state index is 0.819. The summed E-state index contributed by atoms with van der Waals surface area (Å²) in [4.78, 5) is 0. The molecular formula is C42H79P. The van der Waals surface area contributed by atoms with Gasteiger partial charge in [0, 0.05) is 0 Å². The molecule has 0 nitrogen and oxygen atoms in total. The third kappa shape index (κ3) is 5.03. The fourth-order valence-corrected chi connectivity index (χ4v) is 27.7. The van der Waals surface area contributed by atoms with Gasteiger partial charge in [-0.3, -0.25) is 0 Å². The Labute approximate surface area is 272 Å². The summed E-state index contributed by atoms with van der Waals surface area (Å²) in [6.07, 6.45) is 9.05. The van der Waals surface area contributed by atoms with Crippen LogP contribution >= 0.6 is 7.26 Å². The summed E-state index contributed by atoms with van der Waals surface area (Å²) in [6.45, 7) is 40.9. The molecule has 0 amide bonds. The molecule has 0 N–H and O–H groups in total. The maximum absolute atomic E-state index is 2.86. The molecule has 5 aliphatic rings. The van der Waals surface area contributed by atoms with E-state index < -0.39 is 7.26 Å². The van der Waals surface area contributed by atoms with Crippen molar-refractivity contribution >= 4 is 7.26 Å². The second-order valence-corrected chi connectivity index (χ2v) is 24.1. The van der Waals surface area contributed by atoms with E-state index in [4.69, 9.17) is 0 Å². The van der Waals surface area contributed by atoms with Gasteiger partial charge in [0.15, 0.2) is 0 Å². The van der Waals surface area contributed by atoms with E-state index in [-0.39, 0.29) is 0 Å². The average Bonchev–Trinajstić information content (AvgIpc) is 3.07. The van der Waals surface area contributed by atoms with Gasteiger partial charge in [0.05, 0.1) is 0 Å². The molecule has 3 aliphatic carbocycles. The Kier molecular flexibility index (Phi) is 10.3. The standard InChI is InChI=1S/C42H79P/c1-16-18-39-33(15)35(22(3)4)20-37-29(11)25(7)27(9)31(13)40(37)43(39)41-32(14)28(10)26(8)30(12)38(41)21-36-24(6)19-23(5)34(17-2)42(36)43/h22-43H,16-21H2,1-15H3. The zero-order chi connectivity index (χ0) is 31.9. The van der Waals surface area contributed by atoms with Gasteiger partial charge in [0.1, 0.15) is 0 Å². The van der Waals surface area contributed by atoms with Crippen LogP contribution in [0.2, 0.25) is 0 Å². The first kappa shape index (κ1) is 34.8. The first-order chi connectivity index (χ1) is 20.2. The monoisotopic (exact) mass is 615 g/mol. The van der Waals surface area contributed by atoms with Gasteiger partial charge in [0.25, 0.3) is 0 Å².